The molecule has 7 heteroatoms. The van der Waals surface area contributed by atoms with Gasteiger partial charge in [0.25, 0.3) is 0 Å². The lowest BCUT2D eigenvalue weighted by Crippen LogP contribution is -2.02. The van der Waals surface area contributed by atoms with E-state index >= 15 is 0 Å². The third-order valence-electron chi connectivity index (χ3n) is 2.59. The summed E-state index contributed by atoms with van der Waals surface area (Å²) in [6.45, 7) is 0. The van der Waals surface area contributed by atoms with Crippen molar-refractivity contribution in [2.24, 2.45) is 0 Å². The van der Waals surface area contributed by atoms with E-state index in [2.05, 4.69) is 9.72 Å². The Hall–Kier alpha value is -2.41. The molecule has 0 aliphatic carbocycles. The number of aromatic carboxylic acids is 1. The van der Waals surface area contributed by atoms with Gasteiger partial charge in [-0.15, -0.1) is 11.3 Å². The quantitative estimate of drug-likeness (QED) is 0.870. The number of methoxy groups -OCH3 is 2. The Morgan fingerprint density at radius 3 is 2.60 bits per heavy atom. The highest BCUT2D eigenvalue weighted by atomic mass is 32.1. The van der Waals surface area contributed by atoms with Gasteiger partial charge in [0, 0.05) is 11.8 Å². The molecule has 2 heterocycles. The lowest BCUT2D eigenvalue weighted by molar-refractivity contribution is 0.0605. The first kappa shape index (κ1) is 14.0. The van der Waals surface area contributed by atoms with Crippen LogP contribution in [0.25, 0.3) is 11.1 Å². The molecule has 0 spiro atoms. The van der Waals surface area contributed by atoms with E-state index in [-0.39, 0.29) is 11.4 Å². The molecule has 0 saturated heterocycles. The highest BCUT2D eigenvalue weighted by Gasteiger charge is 2.16. The molecule has 20 heavy (non-hydrogen) atoms. The molecule has 0 aliphatic rings. The number of hydrogen-bond acceptors (Lipinski definition) is 6. The smallest absolute Gasteiger partial charge is 0.348 e. The molecule has 0 aromatic carbocycles. The van der Waals surface area contributed by atoms with Gasteiger partial charge in [0.1, 0.15) is 10.4 Å². The van der Waals surface area contributed by atoms with Crippen molar-refractivity contribution in [2.75, 3.05) is 14.2 Å². The number of pyridine rings is 1. The van der Waals surface area contributed by atoms with E-state index in [0.717, 1.165) is 0 Å². The van der Waals surface area contributed by atoms with E-state index in [9.17, 15) is 9.59 Å². The Labute approximate surface area is 118 Å². The summed E-state index contributed by atoms with van der Waals surface area (Å²) in [5, 5.41) is 10.8. The first-order chi connectivity index (χ1) is 9.56. The molecule has 2 aromatic rings. The van der Waals surface area contributed by atoms with E-state index < -0.39 is 11.9 Å². The summed E-state index contributed by atoms with van der Waals surface area (Å²) in [4.78, 5) is 26.9. The molecule has 2 rings (SSSR count). The summed E-state index contributed by atoms with van der Waals surface area (Å²) in [7, 11) is 2.66. The minimum atomic E-state index is -1.13. The average Bonchev–Trinajstić information content (AvgIpc) is 2.95. The summed E-state index contributed by atoms with van der Waals surface area (Å²) < 4.78 is 9.52. The molecule has 0 fully saturated rings. The van der Waals surface area contributed by atoms with Crippen LogP contribution in [0.5, 0.6) is 5.88 Å². The number of hydrogen-bond donors (Lipinski definition) is 1. The van der Waals surface area contributed by atoms with Crippen molar-refractivity contribution in [1.82, 2.24) is 4.98 Å². The van der Waals surface area contributed by atoms with Gasteiger partial charge in [-0.2, -0.15) is 0 Å². The lowest BCUT2D eigenvalue weighted by atomic mass is 10.1. The van der Waals surface area contributed by atoms with Crippen LogP contribution >= 0.6 is 11.3 Å². The van der Waals surface area contributed by atoms with Crippen molar-refractivity contribution in [3.63, 3.8) is 0 Å². The summed E-state index contributed by atoms with van der Waals surface area (Å²) in [5.74, 6) is -1.51. The van der Waals surface area contributed by atoms with Crippen molar-refractivity contribution < 1.29 is 24.2 Å². The molecule has 0 saturated carbocycles. The highest BCUT2D eigenvalue weighted by Crippen LogP contribution is 2.28. The molecule has 6 nitrogen and oxygen atoms in total. The second-order valence-electron chi connectivity index (χ2n) is 3.78. The van der Waals surface area contributed by atoms with Crippen LogP contribution in [0.15, 0.2) is 23.7 Å². The van der Waals surface area contributed by atoms with E-state index in [1.54, 1.807) is 11.4 Å². The van der Waals surface area contributed by atoms with E-state index in [4.69, 9.17) is 9.84 Å². The molecule has 0 unspecified atom stereocenters. The van der Waals surface area contributed by atoms with Crippen LogP contribution in [0, 0.1) is 0 Å². The number of nitrogens with zero attached hydrogens (tertiary/aromatic N) is 1. The molecule has 0 aliphatic heterocycles. The van der Waals surface area contributed by atoms with E-state index in [1.165, 1.54) is 37.8 Å². The van der Waals surface area contributed by atoms with Crippen LogP contribution < -0.4 is 4.74 Å². The zero-order valence-corrected chi connectivity index (χ0v) is 11.6. The fourth-order valence-electron chi connectivity index (χ4n) is 1.62. The minimum Gasteiger partial charge on any atom is -0.480 e. The van der Waals surface area contributed by atoms with Crippen LogP contribution in [-0.2, 0) is 4.74 Å². The molecular formula is C13H11NO5S. The normalized spacial score (nSPS) is 10.1. The molecular weight excluding hydrogens is 282 g/mol. The Kier molecular flexibility index (Phi) is 3.99. The highest BCUT2D eigenvalue weighted by molar-refractivity contribution is 7.12. The Balaban J connectivity index is 2.43. The van der Waals surface area contributed by atoms with Gasteiger partial charge >= 0.3 is 11.9 Å². The fraction of sp³-hybridized carbons (Fsp3) is 0.154. The van der Waals surface area contributed by atoms with Gasteiger partial charge in [-0.05, 0) is 23.1 Å². The minimum absolute atomic E-state index is 0.0316. The maximum absolute atomic E-state index is 11.4. The zero-order chi connectivity index (χ0) is 14.7. The lowest BCUT2D eigenvalue weighted by Gasteiger charge is -2.05. The number of esters is 1. The molecule has 1 N–H and O–H groups in total. The third kappa shape index (κ3) is 2.62. The second-order valence-corrected chi connectivity index (χ2v) is 4.69. The summed E-state index contributed by atoms with van der Waals surface area (Å²) in [5.41, 5.74) is 1.26. The van der Waals surface area contributed by atoms with Crippen molar-refractivity contribution in [3.05, 3.63) is 34.2 Å². The number of ether oxygens (including phenoxy) is 2. The maximum atomic E-state index is 11.4. The SMILES string of the molecule is COC(=O)c1cc(-c2cnc(OC)c(C(=O)O)c2)cs1. The monoisotopic (exact) mass is 293 g/mol. The van der Waals surface area contributed by atoms with Crippen molar-refractivity contribution in [3.8, 4) is 17.0 Å². The van der Waals surface area contributed by atoms with Crippen molar-refractivity contribution >= 4 is 23.3 Å². The molecule has 2 aromatic heterocycles. The summed E-state index contributed by atoms with van der Waals surface area (Å²) in [6, 6.07) is 3.09. The largest absolute Gasteiger partial charge is 0.480 e. The van der Waals surface area contributed by atoms with E-state index in [1.807, 2.05) is 0 Å². The molecule has 0 atom stereocenters. The number of rotatable bonds is 4. The van der Waals surface area contributed by atoms with Crippen molar-refractivity contribution in [1.29, 1.82) is 0 Å². The molecule has 0 bridgehead atoms. The second kappa shape index (κ2) is 5.70. The van der Waals surface area contributed by atoms with Gasteiger partial charge in [0.2, 0.25) is 5.88 Å². The van der Waals surface area contributed by atoms with Gasteiger partial charge in [0.05, 0.1) is 14.2 Å². The zero-order valence-electron chi connectivity index (χ0n) is 10.7. The standard InChI is InChI=1S/C13H11NO5S/c1-18-11-9(12(15)16)3-7(5-14-11)8-4-10(20-6-8)13(17)19-2/h3-6H,1-2H3,(H,15,16). The molecule has 104 valence electrons. The van der Waals surface area contributed by atoms with Gasteiger partial charge in [-0.3, -0.25) is 0 Å². The van der Waals surface area contributed by atoms with Crippen molar-refractivity contribution in [2.45, 2.75) is 0 Å². The van der Waals surface area contributed by atoms with Gasteiger partial charge in [0.15, 0.2) is 0 Å². The predicted octanol–water partition coefficient (Wildman–Crippen LogP) is 2.30. The summed E-state index contributed by atoms with van der Waals surface area (Å²) >= 11 is 1.22. The fourth-order valence-corrected chi connectivity index (χ4v) is 2.45. The van der Waals surface area contributed by atoms with Crippen LogP contribution in [0.3, 0.4) is 0 Å². The first-order valence-electron chi connectivity index (χ1n) is 5.51. The van der Waals surface area contributed by atoms with Gasteiger partial charge in [-0.1, -0.05) is 0 Å². The summed E-state index contributed by atoms with van der Waals surface area (Å²) in [6.07, 6.45) is 1.49. The Morgan fingerprint density at radius 2 is 2.00 bits per heavy atom. The number of carbonyl (C=O) groups is 2. The van der Waals surface area contributed by atoms with Crippen LogP contribution in [0.1, 0.15) is 20.0 Å². The third-order valence-corrected chi connectivity index (χ3v) is 3.50. The number of carbonyl (C=O) groups excluding carboxylic acids is 1. The van der Waals surface area contributed by atoms with E-state index in [0.29, 0.717) is 16.0 Å². The number of aromatic nitrogens is 1. The van der Waals surface area contributed by atoms with Crippen LogP contribution in [0.4, 0.5) is 0 Å². The molecule has 0 amide bonds. The Morgan fingerprint density at radius 1 is 1.25 bits per heavy atom. The average molecular weight is 293 g/mol. The number of thiophene rings is 1. The number of carboxylic acids is 1. The first-order valence-corrected chi connectivity index (χ1v) is 6.39. The molecule has 0 radical (unpaired) electrons. The Bertz CT molecular complexity index is 665. The van der Waals surface area contributed by atoms with Crippen LogP contribution in [-0.4, -0.2) is 36.2 Å². The predicted molar refractivity (Wildman–Crippen MR) is 72.4 cm³/mol. The maximum Gasteiger partial charge on any atom is 0.348 e. The topological polar surface area (TPSA) is 85.7 Å². The van der Waals surface area contributed by atoms with Gasteiger partial charge < -0.3 is 14.6 Å². The number of carboxylic acid groups (broad SMARTS) is 1. The van der Waals surface area contributed by atoms with Gasteiger partial charge in [-0.25, -0.2) is 14.6 Å². The van der Waals surface area contributed by atoms with Crippen LogP contribution in [0.2, 0.25) is 0 Å².